The summed E-state index contributed by atoms with van der Waals surface area (Å²) in [5, 5.41) is 7.26. The Kier molecular flexibility index (Phi) is 5.80. The smallest absolute Gasteiger partial charge is 0.291 e. The summed E-state index contributed by atoms with van der Waals surface area (Å²) in [7, 11) is 1.59. The van der Waals surface area contributed by atoms with Crippen LogP contribution in [0.2, 0.25) is 0 Å². The van der Waals surface area contributed by atoms with Gasteiger partial charge >= 0.3 is 0 Å². The number of methoxy groups -OCH3 is 1. The molecule has 0 unspecified atom stereocenters. The summed E-state index contributed by atoms with van der Waals surface area (Å²) in [5.41, 5.74) is 1.76. The first-order chi connectivity index (χ1) is 12.7. The van der Waals surface area contributed by atoms with Gasteiger partial charge in [0.25, 0.3) is 11.8 Å². The number of hydrogen-bond donors (Lipinski definition) is 2. The van der Waals surface area contributed by atoms with Crippen LogP contribution in [0.5, 0.6) is 5.75 Å². The van der Waals surface area contributed by atoms with Gasteiger partial charge in [0, 0.05) is 28.1 Å². The van der Waals surface area contributed by atoms with E-state index in [1.165, 1.54) is 0 Å². The fourth-order valence-corrected chi connectivity index (χ4v) is 2.89. The van der Waals surface area contributed by atoms with Gasteiger partial charge < -0.3 is 20.1 Å². The molecule has 1 heterocycles. The minimum absolute atomic E-state index is 0.234. The van der Waals surface area contributed by atoms with Crippen molar-refractivity contribution in [3.63, 3.8) is 0 Å². The summed E-state index contributed by atoms with van der Waals surface area (Å²) in [4.78, 5) is 24.4. The molecule has 1 aliphatic heterocycles. The van der Waals surface area contributed by atoms with Crippen molar-refractivity contribution in [2.45, 2.75) is 0 Å². The van der Waals surface area contributed by atoms with E-state index in [4.69, 9.17) is 9.47 Å². The molecule has 2 amide bonds. The van der Waals surface area contributed by atoms with Crippen molar-refractivity contribution in [1.29, 1.82) is 0 Å². The van der Waals surface area contributed by atoms with Crippen molar-refractivity contribution in [1.82, 2.24) is 0 Å². The third kappa shape index (κ3) is 4.58. The fraction of sp³-hybridized carbons (Fsp3) is 0.158. The average molecular weight is 370 g/mol. The van der Waals surface area contributed by atoms with Gasteiger partial charge in [-0.15, -0.1) is 11.8 Å². The third-order valence-electron chi connectivity index (χ3n) is 3.63. The van der Waals surface area contributed by atoms with Crippen LogP contribution in [0, 0.1) is 0 Å². The number of carbonyl (C=O) groups is 2. The molecule has 2 aromatic rings. The Balaban J connectivity index is 1.60. The van der Waals surface area contributed by atoms with E-state index in [0.29, 0.717) is 29.3 Å². The van der Waals surface area contributed by atoms with Gasteiger partial charge in [-0.3, -0.25) is 9.59 Å². The molecule has 0 atom stereocenters. The molecule has 0 saturated carbocycles. The maximum absolute atomic E-state index is 12.3. The standard InChI is InChI=1S/C19H18N2O4S/c1-24-16-8-6-15(7-9-16)20-18(22)13-2-4-14(5-3-13)21-19(23)17-12-26-11-10-25-17/h2-9,12H,10-11H2,1H3,(H,20,22)(H,21,23). The average Bonchev–Trinajstić information content (AvgIpc) is 2.69. The van der Waals surface area contributed by atoms with Gasteiger partial charge in [0.1, 0.15) is 5.75 Å². The van der Waals surface area contributed by atoms with Crippen molar-refractivity contribution < 1.29 is 19.1 Å². The molecule has 0 saturated heterocycles. The fourth-order valence-electron chi connectivity index (χ4n) is 2.26. The molecule has 7 heteroatoms. The van der Waals surface area contributed by atoms with Crippen molar-refractivity contribution in [3.8, 4) is 5.75 Å². The van der Waals surface area contributed by atoms with E-state index in [0.717, 1.165) is 11.5 Å². The van der Waals surface area contributed by atoms with Crippen LogP contribution in [0.4, 0.5) is 11.4 Å². The Hall–Kier alpha value is -2.93. The lowest BCUT2D eigenvalue weighted by Gasteiger charge is -2.14. The van der Waals surface area contributed by atoms with Crippen molar-refractivity contribution >= 4 is 35.0 Å². The van der Waals surface area contributed by atoms with Gasteiger partial charge in [-0.2, -0.15) is 0 Å². The second kappa shape index (κ2) is 8.44. The topological polar surface area (TPSA) is 76.7 Å². The quantitative estimate of drug-likeness (QED) is 0.843. The van der Waals surface area contributed by atoms with Crippen molar-refractivity contribution in [3.05, 3.63) is 65.3 Å². The van der Waals surface area contributed by atoms with Crippen molar-refractivity contribution in [2.75, 3.05) is 30.1 Å². The molecule has 0 spiro atoms. The largest absolute Gasteiger partial charge is 0.497 e. The molecule has 0 radical (unpaired) electrons. The number of ether oxygens (including phenoxy) is 2. The zero-order valence-corrected chi connectivity index (χ0v) is 15.0. The number of nitrogens with one attached hydrogen (secondary N) is 2. The molecule has 134 valence electrons. The Labute approximate surface area is 155 Å². The van der Waals surface area contributed by atoms with E-state index < -0.39 is 0 Å². The van der Waals surface area contributed by atoms with Gasteiger partial charge in [0.2, 0.25) is 0 Å². The predicted molar refractivity (Wildman–Crippen MR) is 103 cm³/mol. The van der Waals surface area contributed by atoms with Gasteiger partial charge in [0.05, 0.1) is 13.7 Å². The molecule has 3 rings (SSSR count). The van der Waals surface area contributed by atoms with Crippen LogP contribution in [-0.4, -0.2) is 31.3 Å². The first kappa shape index (κ1) is 17.9. The van der Waals surface area contributed by atoms with E-state index >= 15 is 0 Å². The Morgan fingerprint density at radius 3 is 2.15 bits per heavy atom. The molecule has 1 aliphatic rings. The van der Waals surface area contributed by atoms with Gasteiger partial charge in [-0.1, -0.05) is 0 Å². The molecule has 0 fully saturated rings. The van der Waals surface area contributed by atoms with Crippen LogP contribution in [0.25, 0.3) is 0 Å². The SMILES string of the molecule is COc1ccc(NC(=O)c2ccc(NC(=O)C3=CSCCO3)cc2)cc1. The summed E-state index contributed by atoms with van der Waals surface area (Å²) < 4.78 is 10.4. The first-order valence-corrected chi connectivity index (χ1v) is 9.02. The molecular formula is C19H18N2O4S. The third-order valence-corrected chi connectivity index (χ3v) is 4.41. The van der Waals surface area contributed by atoms with Crippen LogP contribution in [-0.2, 0) is 9.53 Å². The zero-order chi connectivity index (χ0) is 18.4. The second-order valence-corrected chi connectivity index (χ2v) is 6.39. The summed E-state index contributed by atoms with van der Waals surface area (Å²) in [5.74, 6) is 1.34. The minimum atomic E-state index is -0.298. The number of amides is 2. The number of rotatable bonds is 5. The van der Waals surface area contributed by atoms with Crippen molar-refractivity contribution in [2.24, 2.45) is 0 Å². The van der Waals surface area contributed by atoms with Gasteiger partial charge in [0.15, 0.2) is 5.76 Å². The van der Waals surface area contributed by atoms with E-state index in [1.807, 2.05) is 0 Å². The lowest BCUT2D eigenvalue weighted by atomic mass is 10.2. The molecule has 2 N–H and O–H groups in total. The Bertz CT molecular complexity index is 816. The summed E-state index contributed by atoms with van der Waals surface area (Å²) >= 11 is 1.54. The minimum Gasteiger partial charge on any atom is -0.497 e. The second-order valence-electron chi connectivity index (χ2n) is 5.42. The molecule has 0 bridgehead atoms. The number of hydrogen-bond acceptors (Lipinski definition) is 5. The predicted octanol–water partition coefficient (Wildman–Crippen LogP) is 3.49. The molecule has 0 aromatic heterocycles. The Morgan fingerprint density at radius 1 is 0.962 bits per heavy atom. The highest BCUT2D eigenvalue weighted by molar-refractivity contribution is 8.02. The molecular weight excluding hydrogens is 352 g/mol. The van der Waals surface area contributed by atoms with Crippen LogP contribution in [0.1, 0.15) is 10.4 Å². The monoisotopic (exact) mass is 370 g/mol. The first-order valence-electron chi connectivity index (χ1n) is 7.97. The normalized spacial score (nSPS) is 13.2. The highest BCUT2D eigenvalue weighted by atomic mass is 32.2. The molecule has 26 heavy (non-hydrogen) atoms. The van der Waals surface area contributed by atoms with Crippen LogP contribution in [0.3, 0.4) is 0 Å². The van der Waals surface area contributed by atoms with Gasteiger partial charge in [-0.05, 0) is 48.5 Å². The number of carbonyl (C=O) groups excluding carboxylic acids is 2. The number of benzene rings is 2. The summed E-state index contributed by atoms with van der Waals surface area (Å²) in [6, 6.07) is 13.7. The molecule has 2 aromatic carbocycles. The van der Waals surface area contributed by atoms with E-state index in [-0.39, 0.29) is 11.8 Å². The molecule has 6 nitrogen and oxygen atoms in total. The highest BCUT2D eigenvalue weighted by Crippen LogP contribution is 2.19. The molecule has 0 aliphatic carbocycles. The summed E-state index contributed by atoms with van der Waals surface area (Å²) in [6.45, 7) is 0.522. The lowest BCUT2D eigenvalue weighted by molar-refractivity contribution is -0.116. The van der Waals surface area contributed by atoms with E-state index in [2.05, 4.69) is 10.6 Å². The van der Waals surface area contributed by atoms with Crippen LogP contribution in [0.15, 0.2) is 59.7 Å². The van der Waals surface area contributed by atoms with E-state index in [1.54, 1.807) is 72.8 Å². The zero-order valence-electron chi connectivity index (χ0n) is 14.2. The van der Waals surface area contributed by atoms with Gasteiger partial charge in [-0.25, -0.2) is 0 Å². The summed E-state index contributed by atoms with van der Waals surface area (Å²) in [6.07, 6.45) is 0. The highest BCUT2D eigenvalue weighted by Gasteiger charge is 2.14. The maximum atomic E-state index is 12.3. The number of anilines is 2. The van der Waals surface area contributed by atoms with Crippen LogP contribution >= 0.6 is 11.8 Å². The van der Waals surface area contributed by atoms with Crippen LogP contribution < -0.4 is 15.4 Å². The maximum Gasteiger partial charge on any atom is 0.291 e. The lowest BCUT2D eigenvalue weighted by Crippen LogP contribution is -2.19. The Morgan fingerprint density at radius 2 is 1.58 bits per heavy atom. The number of thioether (sulfide) groups is 1. The van der Waals surface area contributed by atoms with E-state index in [9.17, 15) is 9.59 Å².